The van der Waals surface area contributed by atoms with E-state index in [1.165, 1.54) is 0 Å². The molecule has 0 unspecified atom stereocenters. The van der Waals surface area contributed by atoms with Gasteiger partial charge in [-0.25, -0.2) is 0 Å². The second-order valence-electron chi connectivity index (χ2n) is 0.0476. The summed E-state index contributed by atoms with van der Waals surface area (Å²) in [7, 11) is 9.47. The molecule has 0 aromatic rings. The van der Waals surface area contributed by atoms with Crippen molar-refractivity contribution in [2.75, 3.05) is 0 Å². The van der Waals surface area contributed by atoms with Gasteiger partial charge in [0, 0.05) is 0 Å². The average molecular weight is 215 g/mol. The van der Waals surface area contributed by atoms with Crippen molar-refractivity contribution in [2.24, 2.45) is 0 Å². The summed E-state index contributed by atoms with van der Waals surface area (Å²) in [5.41, 5.74) is 0. The van der Waals surface area contributed by atoms with Crippen LogP contribution in [0.1, 0.15) is 0 Å². The van der Waals surface area contributed by atoms with Gasteiger partial charge in [0.2, 0.25) is 0 Å². The van der Waals surface area contributed by atoms with E-state index in [1.807, 2.05) is 0 Å². The molecule has 0 amide bonds. The van der Waals surface area contributed by atoms with E-state index < -0.39 is 0 Å². The third-order valence-electron chi connectivity index (χ3n) is 0. The number of rotatable bonds is 0. The summed E-state index contributed by atoms with van der Waals surface area (Å²) >= 11 is 0.382. The van der Waals surface area contributed by atoms with Crippen LogP contribution in [0.4, 0.5) is 0 Å². The van der Waals surface area contributed by atoms with Crippen LogP contribution in [0.3, 0.4) is 0 Å². The Bertz CT molecular complexity index is 9.65. The normalized spacial score (nSPS) is 3.14. The number of hydrogen-bond donors (Lipinski definition) is 0. The van der Waals surface area contributed by atoms with Crippen LogP contribution in [0.2, 0.25) is 0 Å². The van der Waals surface area contributed by atoms with Crippen molar-refractivity contribution in [2.45, 2.75) is 0 Å². The second kappa shape index (κ2) is 36.7. The van der Waals surface area contributed by atoms with E-state index in [1.54, 1.807) is 0 Å². The van der Waals surface area contributed by atoms with Crippen molar-refractivity contribution in [3.63, 3.8) is 0 Å². The van der Waals surface area contributed by atoms with Gasteiger partial charge in [-0.3, -0.25) is 0 Å². The first-order chi connectivity index (χ1) is 1.41. The molecule has 0 aliphatic heterocycles. The van der Waals surface area contributed by atoms with Gasteiger partial charge in [-0.15, -0.1) is 0 Å². The van der Waals surface area contributed by atoms with Crippen LogP contribution in [-0.2, 0) is 12.9 Å². The quantitative estimate of drug-likeness (QED) is 0.352. The molecule has 7 heavy (non-hydrogen) atoms. The van der Waals surface area contributed by atoms with E-state index in [2.05, 4.69) is 0 Å². The summed E-state index contributed by atoms with van der Waals surface area (Å²) in [6, 6.07) is 0. The molecule has 0 atom stereocenters. The van der Waals surface area contributed by atoms with Crippen LogP contribution in [0.25, 0.3) is 0 Å². The molecule has 0 aliphatic carbocycles. The monoisotopic (exact) mass is 213 g/mol. The van der Waals surface area contributed by atoms with E-state index in [4.69, 9.17) is 20.3 Å². The van der Waals surface area contributed by atoms with Crippen molar-refractivity contribution in [3.8, 4) is 0 Å². The molecule has 0 N–H and O–H groups in total. The smallest absolute Gasteiger partial charge is 1.00 e. The molecule has 0 bridgehead atoms. The summed E-state index contributed by atoms with van der Waals surface area (Å²) in [6.45, 7) is 0. The van der Waals surface area contributed by atoms with Crippen LogP contribution in [0.15, 0.2) is 0 Å². The second-order valence-corrected chi connectivity index (χ2v) is 1.77. The molecule has 0 saturated carbocycles. The maximum absolute atomic E-state index is 4.73. The van der Waals surface area contributed by atoms with E-state index in [0.717, 1.165) is 0 Å². The van der Waals surface area contributed by atoms with Gasteiger partial charge in [0.15, 0.2) is 0 Å². The molecule has 0 aromatic carbocycles. The van der Waals surface area contributed by atoms with Crippen molar-refractivity contribution >= 4 is 20.3 Å². The van der Waals surface area contributed by atoms with Gasteiger partial charge in [0.25, 0.3) is 0 Å². The van der Waals surface area contributed by atoms with Crippen LogP contribution in [0, 0.1) is 0 Å². The summed E-state index contributed by atoms with van der Waals surface area (Å²) in [5, 5.41) is 0. The molecule has 7 heteroatoms. The van der Waals surface area contributed by atoms with Gasteiger partial charge in [0.05, 0.1) is 0 Å². The Hall–Kier alpha value is 2.86. The summed E-state index contributed by atoms with van der Waals surface area (Å²) in [4.78, 5) is 0. The zero-order valence-electron chi connectivity index (χ0n) is 3.85. The molecule has 0 nitrogen and oxygen atoms in total. The van der Waals surface area contributed by atoms with Crippen molar-refractivity contribution < 1.29 is 75.4 Å². The molecule has 39 valence electrons. The third-order valence-corrected chi connectivity index (χ3v) is 0. The molecule has 0 aromatic heterocycles. The molecule has 0 radical (unpaired) electrons. The van der Waals surface area contributed by atoms with Gasteiger partial charge in [-0.1, -0.05) is 0 Å². The zero-order valence-corrected chi connectivity index (χ0v) is 7.91. The molecular formula is Cl4CoLi2. The molecule has 0 aliphatic rings. The Morgan fingerprint density at radius 2 is 0.857 bits per heavy atom. The topological polar surface area (TPSA) is 0 Å². The largest absolute Gasteiger partial charge is 1.00 e. The minimum Gasteiger partial charge on any atom is 1.00 e. The van der Waals surface area contributed by atoms with Crippen LogP contribution < -0.4 is 62.5 Å². The fourth-order valence-electron chi connectivity index (χ4n) is 0. The predicted molar refractivity (Wildman–Crippen MR) is 11.7 cm³/mol. The Kier molecular flexibility index (Phi) is 172. The van der Waals surface area contributed by atoms with Gasteiger partial charge < -0.3 is 24.8 Å². The third kappa shape index (κ3) is 51.0. The Balaban J connectivity index is -0.00000000333. The molecule has 0 fully saturated rings. The average Bonchev–Trinajstić information content (AvgIpc) is 0.918. The minimum absolute atomic E-state index is 0. The first-order valence-corrected chi connectivity index (χ1v) is 3.12. The predicted octanol–water partition coefficient (Wildman–Crippen LogP) is -10.6. The van der Waals surface area contributed by atoms with Gasteiger partial charge in [-0.2, -0.15) is 0 Å². The van der Waals surface area contributed by atoms with Crippen LogP contribution in [0.5, 0.6) is 0 Å². The Morgan fingerprint density at radius 3 is 0.857 bits per heavy atom. The minimum atomic E-state index is 0. The van der Waals surface area contributed by atoms with E-state index in [0.29, 0.717) is 12.9 Å². The van der Waals surface area contributed by atoms with Gasteiger partial charge in [0.1, 0.15) is 0 Å². The first kappa shape index (κ1) is 32.8. The molecular weight excluding hydrogens is 215 g/mol. The van der Waals surface area contributed by atoms with Gasteiger partial charge in [-0.05, 0) is 0 Å². The van der Waals surface area contributed by atoms with Crippen molar-refractivity contribution in [1.82, 2.24) is 0 Å². The summed E-state index contributed by atoms with van der Waals surface area (Å²) in [6.07, 6.45) is 0. The molecule has 0 spiro atoms. The Morgan fingerprint density at radius 1 is 0.857 bits per heavy atom. The van der Waals surface area contributed by atoms with Crippen LogP contribution >= 0.6 is 20.3 Å². The summed E-state index contributed by atoms with van der Waals surface area (Å²) < 4.78 is 0. The SMILES string of the molecule is [Cl-].[Cl-].[Cl][Co][Cl].[Li+].[Li+]. The molecule has 0 saturated heterocycles. The number of hydrogen-bond acceptors (Lipinski definition) is 0. The molecule has 0 heterocycles. The van der Waals surface area contributed by atoms with Crippen molar-refractivity contribution in [1.29, 1.82) is 0 Å². The van der Waals surface area contributed by atoms with E-state index >= 15 is 0 Å². The Labute approximate surface area is 94.5 Å². The zero-order chi connectivity index (χ0) is 2.71. The summed E-state index contributed by atoms with van der Waals surface area (Å²) in [5.74, 6) is 0. The van der Waals surface area contributed by atoms with E-state index in [-0.39, 0.29) is 62.5 Å². The molecule has 0 rings (SSSR count). The maximum Gasteiger partial charge on any atom is 1.00 e. The van der Waals surface area contributed by atoms with Gasteiger partial charge >= 0.3 is 70.9 Å². The van der Waals surface area contributed by atoms with Crippen molar-refractivity contribution in [3.05, 3.63) is 0 Å². The fourth-order valence-corrected chi connectivity index (χ4v) is 0. The fraction of sp³-hybridized carbons (Fsp3) is 0. The number of halogens is 4. The van der Waals surface area contributed by atoms with E-state index in [9.17, 15) is 0 Å². The standard InChI is InChI=1S/4ClH.Co.2Li/h4*1H;;;/q;;;;+2;2*+1/p-4. The first-order valence-electron chi connectivity index (χ1n) is 0.252. The van der Waals surface area contributed by atoms with Crippen LogP contribution in [-0.4, -0.2) is 0 Å². The maximum atomic E-state index is 4.73.